The Bertz CT molecular complexity index is 1240. The standard InChI is InChI=1S/C20H35.C11H17.Fe/c1-6-11-16-17(12-7-2)19(14-9-4)20(15-10-5)18(16)13-8-3;1-3-5-10-7-8-11(9-10)6-4-2;/h6-15H2,1-5H3;7-9H,3-6H2,1-2H3;. The Morgan fingerprint density at radius 2 is 0.656 bits per heavy atom. The van der Waals surface area contributed by atoms with E-state index in [1.54, 1.807) is 44.9 Å². The summed E-state index contributed by atoms with van der Waals surface area (Å²) in [4.78, 5) is 4.19. The fraction of sp³-hybridized carbons (Fsp3) is 1.00. The Labute approximate surface area is 189 Å². The van der Waals surface area contributed by atoms with Gasteiger partial charge in [0.25, 0.3) is 0 Å². The second kappa shape index (κ2) is 2.40. The van der Waals surface area contributed by atoms with Crippen LogP contribution in [0.1, 0.15) is 138 Å². The molecule has 4 unspecified atom stereocenters. The molecule has 0 aliphatic carbocycles. The van der Waals surface area contributed by atoms with E-state index < -0.39 is 6.51 Å². The van der Waals surface area contributed by atoms with Crippen LogP contribution in [0.15, 0.2) is 0 Å². The molecule has 4 atom stereocenters. The molecule has 0 bridgehead atoms. The second-order valence-electron chi connectivity index (χ2n) is 16.4. The summed E-state index contributed by atoms with van der Waals surface area (Å²) in [5, 5.41) is 0. The first-order chi connectivity index (χ1) is 15.3. The van der Waals surface area contributed by atoms with Gasteiger partial charge in [-0.2, -0.15) is 0 Å². The monoisotopic (exact) mass is 480 g/mol. The van der Waals surface area contributed by atoms with E-state index in [-0.39, 0.29) is 0 Å². The van der Waals surface area contributed by atoms with Crippen LogP contribution >= 0.6 is 0 Å². The third-order valence-electron chi connectivity index (χ3n) is 22.0. The molecular formula is C31H52Fe. The van der Waals surface area contributed by atoms with Gasteiger partial charge in [0.15, 0.2) is 0 Å². The summed E-state index contributed by atoms with van der Waals surface area (Å²) in [6.45, 7) is 14.2. The Morgan fingerprint density at radius 1 is 0.406 bits per heavy atom. The number of hydrogen-bond donors (Lipinski definition) is 0. The van der Waals surface area contributed by atoms with Gasteiger partial charge >= 0.3 is 190 Å². The van der Waals surface area contributed by atoms with Crippen LogP contribution in [0.5, 0.6) is 0 Å². The van der Waals surface area contributed by atoms with E-state index in [9.17, 15) is 0 Å². The molecule has 0 nitrogen and oxygen atoms in total. The summed E-state index contributed by atoms with van der Waals surface area (Å²) < 4.78 is 6.99. The van der Waals surface area contributed by atoms with Gasteiger partial charge in [0.2, 0.25) is 0 Å². The summed E-state index contributed by atoms with van der Waals surface area (Å²) in [5.74, 6) is 0. The summed E-state index contributed by atoms with van der Waals surface area (Å²) >= 11 is 0. The maximum atomic E-state index is 2.61. The Kier molecular flexibility index (Phi) is 1.41. The van der Waals surface area contributed by atoms with Gasteiger partial charge in [-0.25, -0.2) is 0 Å². The van der Waals surface area contributed by atoms with Crippen molar-refractivity contribution in [2.24, 2.45) is 0 Å². The molecule has 0 aromatic carbocycles. The van der Waals surface area contributed by atoms with Crippen molar-refractivity contribution in [2.75, 3.05) is 0 Å². The third kappa shape index (κ3) is 0.253. The fourth-order valence-corrected chi connectivity index (χ4v) is 123. The van der Waals surface area contributed by atoms with Gasteiger partial charge in [-0.1, -0.05) is 0 Å². The van der Waals surface area contributed by atoms with Crippen LogP contribution in [0.25, 0.3) is 0 Å². The molecule has 10 aliphatic heterocycles. The molecule has 0 aromatic heterocycles. The van der Waals surface area contributed by atoms with Crippen molar-refractivity contribution in [1.82, 2.24) is 0 Å². The first-order valence-electron chi connectivity index (χ1n) is 15.5. The van der Waals surface area contributed by atoms with Crippen LogP contribution in [0, 0.1) is 0 Å². The van der Waals surface area contributed by atoms with Crippen molar-refractivity contribution in [2.45, 2.75) is 183 Å². The van der Waals surface area contributed by atoms with Crippen LogP contribution in [0.3, 0.4) is 0 Å². The minimum absolute atomic E-state index is 0.990. The molecule has 10 saturated heterocycles. The zero-order valence-electron chi connectivity index (χ0n) is 22.5. The van der Waals surface area contributed by atoms with E-state index in [4.69, 9.17) is 0 Å². The fourth-order valence-electron chi connectivity index (χ4n) is 29.3. The maximum absolute atomic E-state index is 4.07. The van der Waals surface area contributed by atoms with Crippen molar-refractivity contribution in [3.8, 4) is 0 Å². The van der Waals surface area contributed by atoms with Crippen molar-refractivity contribution >= 4 is 0 Å². The molecule has 10 aliphatic rings. The average molecular weight is 481 g/mol. The van der Waals surface area contributed by atoms with Gasteiger partial charge in [-0.15, -0.1) is 0 Å². The molecule has 0 amide bonds. The predicted octanol–water partition coefficient (Wildman–Crippen LogP) is 11.6. The summed E-state index contributed by atoms with van der Waals surface area (Å²) in [5.41, 5.74) is 0. The molecule has 10 rings (SSSR count). The molecule has 10 fully saturated rings. The van der Waals surface area contributed by atoms with Crippen molar-refractivity contribution in [1.29, 1.82) is 0 Å². The van der Waals surface area contributed by atoms with E-state index in [1.165, 1.54) is 59.4 Å². The molecule has 10 heterocycles. The van der Waals surface area contributed by atoms with E-state index in [0.29, 0.717) is 0 Å². The third-order valence-corrected chi connectivity index (χ3v) is 71.2. The van der Waals surface area contributed by atoms with Gasteiger partial charge in [-0.05, 0) is 0 Å². The van der Waals surface area contributed by atoms with E-state index >= 15 is 0 Å². The van der Waals surface area contributed by atoms with Crippen LogP contribution < -0.4 is 0 Å². The van der Waals surface area contributed by atoms with Crippen molar-refractivity contribution in [3.05, 3.63) is 0 Å². The molecular weight excluding hydrogens is 428 g/mol. The zero-order chi connectivity index (χ0) is 22.4. The Hall–Kier alpha value is 0.519. The van der Waals surface area contributed by atoms with Crippen molar-refractivity contribution in [3.63, 3.8) is 0 Å². The number of fused-ring (bicyclic) bond motifs is 10. The van der Waals surface area contributed by atoms with Crippen LogP contribution in [-0.4, -0.2) is 0 Å². The van der Waals surface area contributed by atoms with E-state index in [0.717, 1.165) is 30.2 Å². The van der Waals surface area contributed by atoms with Gasteiger partial charge in [-0.3, -0.25) is 0 Å². The number of rotatable bonds is 14. The zero-order valence-corrected chi connectivity index (χ0v) is 23.6. The molecule has 0 radical (unpaired) electrons. The molecule has 1 spiro atoms. The van der Waals surface area contributed by atoms with Gasteiger partial charge in [0, 0.05) is 0 Å². The average Bonchev–Trinajstić information content (AvgIpc) is 3.73. The first-order valence-corrected chi connectivity index (χ1v) is 21.3. The summed E-state index contributed by atoms with van der Waals surface area (Å²) in [7, 11) is 0. The van der Waals surface area contributed by atoms with Gasteiger partial charge < -0.3 is 0 Å². The number of hydrogen-bond acceptors (Lipinski definition) is 0. The normalized spacial score (nSPS) is 83.0. The minimum atomic E-state index is -4.07. The van der Waals surface area contributed by atoms with Crippen molar-refractivity contribution < 1.29 is 6.51 Å². The molecule has 32 heavy (non-hydrogen) atoms. The molecule has 0 aromatic rings. The molecule has 1 heteroatoms. The quantitative estimate of drug-likeness (QED) is 0.217. The first kappa shape index (κ1) is 18.7. The van der Waals surface area contributed by atoms with E-state index in [2.05, 4.69) is 48.5 Å². The van der Waals surface area contributed by atoms with Gasteiger partial charge in [0.1, 0.15) is 0 Å². The summed E-state index contributed by atoms with van der Waals surface area (Å²) in [6, 6.07) is 0. The molecule has 184 valence electrons. The SMILES string of the molecule is CCC[C]12[CH]3[CH]4[C]5(CCC)[CH]1[Fe]34251678[C]2(CCC)[C]1(CCC)[C]6(CCC)[C]7(CCC)[C]28CCC. The van der Waals surface area contributed by atoms with Crippen LogP contribution in [0.4, 0.5) is 0 Å². The van der Waals surface area contributed by atoms with Gasteiger partial charge in [0.05, 0.1) is 0 Å². The molecule has 0 N–H and O–H groups in total. The van der Waals surface area contributed by atoms with E-state index in [1.807, 2.05) is 0 Å². The van der Waals surface area contributed by atoms with Crippen LogP contribution in [-0.2, 0) is 6.51 Å². The second-order valence-corrected chi connectivity index (χ2v) is 38.8. The Balaban J connectivity index is 1.48. The van der Waals surface area contributed by atoms with Crippen LogP contribution in [0.2, 0.25) is 44.6 Å². The Morgan fingerprint density at radius 3 is 0.875 bits per heavy atom. The molecule has 0 saturated carbocycles. The summed E-state index contributed by atoms with van der Waals surface area (Å²) in [6.07, 6.45) is 22.7. The topological polar surface area (TPSA) is 0 Å². The predicted molar refractivity (Wildman–Crippen MR) is 134 cm³/mol.